The van der Waals surface area contributed by atoms with Gasteiger partial charge < -0.3 is 15.0 Å². The van der Waals surface area contributed by atoms with Crippen molar-refractivity contribution in [3.63, 3.8) is 0 Å². The van der Waals surface area contributed by atoms with Crippen LogP contribution >= 0.6 is 11.6 Å². The molecular weight excluding hydrogens is 428 g/mol. The van der Waals surface area contributed by atoms with Crippen molar-refractivity contribution in [2.45, 2.75) is 38.6 Å². The van der Waals surface area contributed by atoms with Gasteiger partial charge in [-0.15, -0.1) is 0 Å². The smallest absolute Gasteiger partial charge is 0.254 e. The largest absolute Gasteiger partial charge is 0.372 e. The number of morpholine rings is 1. The number of rotatable bonds is 5. The highest BCUT2D eigenvalue weighted by Gasteiger charge is 2.33. The summed E-state index contributed by atoms with van der Waals surface area (Å²) < 4.78 is 5.71. The first-order valence-electron chi connectivity index (χ1n) is 11.0. The summed E-state index contributed by atoms with van der Waals surface area (Å²) in [5.41, 5.74) is 8.85. The molecular formula is C24H29ClN4O3. The topological polar surface area (TPSA) is 82.7 Å². The first kappa shape index (κ1) is 22.7. The van der Waals surface area contributed by atoms with Gasteiger partial charge in [0.15, 0.2) is 0 Å². The van der Waals surface area contributed by atoms with Gasteiger partial charge in [-0.2, -0.15) is 0 Å². The van der Waals surface area contributed by atoms with Gasteiger partial charge in [-0.05, 0) is 49.2 Å². The molecule has 4 unspecified atom stereocenters. The minimum Gasteiger partial charge on any atom is -0.372 e. The monoisotopic (exact) mass is 456 g/mol. The summed E-state index contributed by atoms with van der Waals surface area (Å²) in [4.78, 5) is 27.5. The van der Waals surface area contributed by atoms with Gasteiger partial charge in [-0.25, -0.2) is 5.43 Å². The van der Waals surface area contributed by atoms with E-state index in [2.05, 4.69) is 16.2 Å². The van der Waals surface area contributed by atoms with E-state index in [0.29, 0.717) is 36.8 Å². The van der Waals surface area contributed by atoms with E-state index >= 15 is 0 Å². The van der Waals surface area contributed by atoms with E-state index in [0.717, 1.165) is 11.1 Å². The van der Waals surface area contributed by atoms with E-state index in [4.69, 9.17) is 16.3 Å². The summed E-state index contributed by atoms with van der Waals surface area (Å²) in [5.74, 6) is -0.252. The average Bonchev–Trinajstić information content (AvgIpc) is 3.27. The maximum atomic E-state index is 12.8. The molecule has 2 aromatic carbocycles. The van der Waals surface area contributed by atoms with Gasteiger partial charge in [0.1, 0.15) is 0 Å². The third kappa shape index (κ3) is 5.30. The first-order valence-corrected chi connectivity index (χ1v) is 11.3. The van der Waals surface area contributed by atoms with E-state index in [1.54, 1.807) is 0 Å². The number of carbonyl (C=O) groups excluding carboxylic acids is 2. The SMILES string of the molecule is CC1CN(C(=O)c2ccc(CNC(=O)C3CNNC3c3ccc(Cl)cc3)cc2)CC(C)O1. The minimum absolute atomic E-state index is 0.0106. The normalized spacial score (nSPS) is 25.5. The van der Waals surface area contributed by atoms with Gasteiger partial charge in [0.2, 0.25) is 5.91 Å². The summed E-state index contributed by atoms with van der Waals surface area (Å²) >= 11 is 5.98. The number of halogens is 1. The number of benzene rings is 2. The fourth-order valence-electron chi connectivity index (χ4n) is 4.34. The highest BCUT2D eigenvalue weighted by molar-refractivity contribution is 6.30. The molecule has 2 aliphatic rings. The molecule has 2 fully saturated rings. The molecule has 0 bridgehead atoms. The molecule has 8 heteroatoms. The number of amides is 2. The van der Waals surface area contributed by atoms with Crippen LogP contribution in [0.5, 0.6) is 0 Å². The zero-order valence-electron chi connectivity index (χ0n) is 18.3. The minimum atomic E-state index is -0.234. The third-order valence-corrected chi connectivity index (χ3v) is 6.17. The lowest BCUT2D eigenvalue weighted by Crippen LogP contribution is -2.48. The second kappa shape index (κ2) is 10.0. The summed E-state index contributed by atoms with van der Waals surface area (Å²) in [6, 6.07) is 14.8. The summed E-state index contributed by atoms with van der Waals surface area (Å²) in [6.07, 6.45) is 0.0712. The summed E-state index contributed by atoms with van der Waals surface area (Å²) in [7, 11) is 0. The van der Waals surface area contributed by atoms with Gasteiger partial charge in [0, 0.05) is 36.8 Å². The quantitative estimate of drug-likeness (QED) is 0.644. The lowest BCUT2D eigenvalue weighted by molar-refractivity contribution is -0.125. The molecule has 0 aliphatic carbocycles. The number of ether oxygens (including phenoxy) is 1. The zero-order chi connectivity index (χ0) is 22.7. The molecule has 2 aromatic rings. The second-order valence-corrected chi connectivity index (χ2v) is 8.98. The zero-order valence-corrected chi connectivity index (χ0v) is 19.1. The molecule has 7 nitrogen and oxygen atoms in total. The average molecular weight is 457 g/mol. The van der Waals surface area contributed by atoms with Crippen molar-refractivity contribution in [2.24, 2.45) is 5.92 Å². The van der Waals surface area contributed by atoms with Crippen molar-refractivity contribution in [2.75, 3.05) is 19.6 Å². The molecule has 2 amide bonds. The van der Waals surface area contributed by atoms with E-state index in [-0.39, 0.29) is 36.0 Å². The molecule has 170 valence electrons. The Morgan fingerprint density at radius 3 is 2.38 bits per heavy atom. The van der Waals surface area contributed by atoms with Gasteiger partial charge in [-0.1, -0.05) is 35.9 Å². The number of hydrazine groups is 1. The molecule has 0 radical (unpaired) electrons. The van der Waals surface area contributed by atoms with Crippen LogP contribution in [0, 0.1) is 5.92 Å². The number of carbonyl (C=O) groups is 2. The van der Waals surface area contributed by atoms with Crippen LogP contribution in [0.15, 0.2) is 48.5 Å². The third-order valence-electron chi connectivity index (χ3n) is 5.92. The van der Waals surface area contributed by atoms with Crippen molar-refractivity contribution in [1.82, 2.24) is 21.1 Å². The van der Waals surface area contributed by atoms with Gasteiger partial charge in [-0.3, -0.25) is 15.0 Å². The molecule has 0 aromatic heterocycles. The Hall–Kier alpha value is -2.45. The van der Waals surface area contributed by atoms with Crippen LogP contribution in [-0.2, 0) is 16.1 Å². The van der Waals surface area contributed by atoms with Crippen LogP contribution in [0.2, 0.25) is 5.02 Å². The molecule has 32 heavy (non-hydrogen) atoms. The number of hydrogen-bond donors (Lipinski definition) is 3. The van der Waals surface area contributed by atoms with Crippen molar-refractivity contribution < 1.29 is 14.3 Å². The van der Waals surface area contributed by atoms with Crippen LogP contribution in [0.4, 0.5) is 0 Å². The highest BCUT2D eigenvalue weighted by atomic mass is 35.5. The van der Waals surface area contributed by atoms with Crippen LogP contribution < -0.4 is 16.2 Å². The molecule has 2 aliphatic heterocycles. The second-order valence-electron chi connectivity index (χ2n) is 8.54. The molecule has 2 saturated heterocycles. The van der Waals surface area contributed by atoms with Gasteiger partial charge >= 0.3 is 0 Å². The van der Waals surface area contributed by atoms with Crippen LogP contribution in [0.3, 0.4) is 0 Å². The van der Waals surface area contributed by atoms with E-state index in [1.165, 1.54) is 0 Å². The van der Waals surface area contributed by atoms with E-state index in [9.17, 15) is 9.59 Å². The Bertz CT molecular complexity index is 941. The van der Waals surface area contributed by atoms with Crippen molar-refractivity contribution in [3.8, 4) is 0 Å². The number of nitrogens with zero attached hydrogens (tertiary/aromatic N) is 1. The molecule has 3 N–H and O–H groups in total. The molecule has 0 spiro atoms. The maximum absolute atomic E-state index is 12.8. The molecule has 4 atom stereocenters. The van der Waals surface area contributed by atoms with Crippen LogP contribution in [-0.4, -0.2) is 48.6 Å². The Labute approximate surface area is 193 Å². The lowest BCUT2D eigenvalue weighted by Gasteiger charge is -2.35. The standard InChI is InChI=1S/C24H29ClN4O3/c1-15-13-29(14-16(2)32-15)24(31)19-5-3-17(4-6-19)11-26-23(30)21-12-27-28-22(21)18-7-9-20(25)10-8-18/h3-10,15-16,21-22,27-28H,11-14H2,1-2H3,(H,26,30). The lowest BCUT2D eigenvalue weighted by atomic mass is 9.94. The molecule has 4 rings (SSSR count). The predicted molar refractivity (Wildman–Crippen MR) is 123 cm³/mol. The first-order chi connectivity index (χ1) is 15.4. The maximum Gasteiger partial charge on any atom is 0.254 e. The molecule has 0 saturated carbocycles. The number of hydrogen-bond acceptors (Lipinski definition) is 5. The molecule has 2 heterocycles. The summed E-state index contributed by atoms with van der Waals surface area (Å²) in [5, 5.41) is 3.69. The van der Waals surface area contributed by atoms with Crippen molar-refractivity contribution in [1.29, 1.82) is 0 Å². The number of nitrogens with one attached hydrogen (secondary N) is 3. The van der Waals surface area contributed by atoms with E-state index < -0.39 is 0 Å². The van der Waals surface area contributed by atoms with Crippen molar-refractivity contribution >= 4 is 23.4 Å². The fourth-order valence-corrected chi connectivity index (χ4v) is 4.46. The van der Waals surface area contributed by atoms with Gasteiger partial charge in [0.05, 0.1) is 24.2 Å². The Kier molecular flexibility index (Phi) is 7.10. The highest BCUT2D eigenvalue weighted by Crippen LogP contribution is 2.26. The van der Waals surface area contributed by atoms with Crippen LogP contribution in [0.1, 0.15) is 41.4 Å². The predicted octanol–water partition coefficient (Wildman–Crippen LogP) is 2.67. The fraction of sp³-hybridized carbons (Fsp3) is 0.417. The van der Waals surface area contributed by atoms with Crippen LogP contribution in [0.25, 0.3) is 0 Å². The Morgan fingerprint density at radius 1 is 1.06 bits per heavy atom. The van der Waals surface area contributed by atoms with E-state index in [1.807, 2.05) is 67.3 Å². The summed E-state index contributed by atoms with van der Waals surface area (Å²) in [6.45, 7) is 6.10. The Balaban J connectivity index is 1.33. The Morgan fingerprint density at radius 2 is 1.72 bits per heavy atom. The van der Waals surface area contributed by atoms with Gasteiger partial charge in [0.25, 0.3) is 5.91 Å². The van der Waals surface area contributed by atoms with Crippen molar-refractivity contribution in [3.05, 3.63) is 70.2 Å².